The Hall–Kier alpha value is -2.37. The van der Waals surface area contributed by atoms with Gasteiger partial charge in [0.05, 0.1) is 11.5 Å². The van der Waals surface area contributed by atoms with Gasteiger partial charge in [0, 0.05) is 11.0 Å². The van der Waals surface area contributed by atoms with Gasteiger partial charge in [-0.1, -0.05) is 12.1 Å². The first-order valence-electron chi connectivity index (χ1n) is 4.92. The van der Waals surface area contributed by atoms with Gasteiger partial charge < -0.3 is 9.94 Å². The van der Waals surface area contributed by atoms with E-state index in [-0.39, 0.29) is 16.9 Å². The predicted molar refractivity (Wildman–Crippen MR) is 58.6 cm³/mol. The molecule has 1 N–H and O–H groups in total. The van der Waals surface area contributed by atoms with Gasteiger partial charge >= 0.3 is 11.7 Å². The first-order valence-corrected chi connectivity index (χ1v) is 4.92. The van der Waals surface area contributed by atoms with Gasteiger partial charge in [0.15, 0.2) is 5.52 Å². The Bertz CT molecular complexity index is 660. The van der Waals surface area contributed by atoms with Gasteiger partial charge in [-0.15, -0.1) is 0 Å². The maximum absolute atomic E-state index is 12.0. The molecule has 2 aromatic rings. The summed E-state index contributed by atoms with van der Waals surface area (Å²) in [6.45, 7) is 1.47. The molecule has 2 rings (SSSR count). The molecule has 1 aromatic heterocycles. The lowest BCUT2D eigenvalue weighted by molar-refractivity contribution is -0.470. The smallest absolute Gasteiger partial charge is 0.410 e. The van der Waals surface area contributed by atoms with E-state index in [0.717, 1.165) is 4.73 Å². The Morgan fingerprint density at radius 1 is 1.41 bits per heavy atom. The normalized spacial score (nSPS) is 10.5. The molecule has 0 saturated carbocycles. The molecule has 6 nitrogen and oxygen atoms in total. The highest BCUT2D eigenvalue weighted by atomic mass is 16.5. The van der Waals surface area contributed by atoms with Crippen molar-refractivity contribution in [3.63, 3.8) is 0 Å². The van der Waals surface area contributed by atoms with Crippen LogP contribution < -0.4 is 4.43 Å². The van der Waals surface area contributed by atoms with E-state index < -0.39 is 5.97 Å². The largest absolute Gasteiger partial charge is 0.461 e. The summed E-state index contributed by atoms with van der Waals surface area (Å²) >= 11 is 0. The lowest BCUT2D eigenvalue weighted by Crippen LogP contribution is -2.31. The summed E-state index contributed by atoms with van der Waals surface area (Å²) in [7, 11) is 1.18. The fourth-order valence-corrected chi connectivity index (χ4v) is 1.69. The molecule has 17 heavy (non-hydrogen) atoms. The molecule has 0 amide bonds. The number of hydrogen-bond acceptors (Lipinski definition) is 4. The number of benzene rings is 1. The van der Waals surface area contributed by atoms with Crippen LogP contribution in [0, 0.1) is 11.8 Å². The van der Waals surface area contributed by atoms with E-state index in [2.05, 4.69) is 4.74 Å². The molecule has 0 bridgehead atoms. The summed E-state index contributed by atoms with van der Waals surface area (Å²) in [5, 5.41) is 9.86. The van der Waals surface area contributed by atoms with E-state index in [1.165, 1.54) is 20.1 Å². The summed E-state index contributed by atoms with van der Waals surface area (Å²) < 4.78 is 5.78. The van der Waals surface area contributed by atoms with Gasteiger partial charge in [-0.25, -0.2) is 4.79 Å². The second-order valence-electron chi connectivity index (χ2n) is 3.52. The number of carbonyl (C=O) groups is 1. The fourth-order valence-electron chi connectivity index (χ4n) is 1.69. The number of hydrogen-bond donors (Lipinski definition) is 1. The highest BCUT2D eigenvalue weighted by Gasteiger charge is 2.29. The molecule has 0 radical (unpaired) electrons. The van der Waals surface area contributed by atoms with Gasteiger partial charge in [0.25, 0.3) is 5.52 Å². The van der Waals surface area contributed by atoms with Gasteiger partial charge in [0.2, 0.25) is 0 Å². The lowest BCUT2D eigenvalue weighted by Gasteiger charge is -2.04. The zero-order chi connectivity index (χ0) is 12.6. The number of nitrogens with zero attached hydrogens (tertiary/aromatic N) is 2. The van der Waals surface area contributed by atoms with Crippen LogP contribution in [0.15, 0.2) is 24.3 Å². The summed E-state index contributed by atoms with van der Waals surface area (Å²) in [5.41, 5.74) is 0.424. The van der Waals surface area contributed by atoms with Crippen LogP contribution in [0.4, 0.5) is 0 Å². The Balaban J connectivity index is 2.97. The van der Waals surface area contributed by atoms with Gasteiger partial charge in [-0.2, -0.15) is 4.73 Å². The zero-order valence-corrected chi connectivity index (χ0v) is 9.38. The van der Waals surface area contributed by atoms with E-state index in [0.29, 0.717) is 9.94 Å². The van der Waals surface area contributed by atoms with E-state index in [1.807, 2.05) is 0 Å². The minimum atomic E-state index is -0.786. The summed E-state index contributed by atoms with van der Waals surface area (Å²) in [6, 6.07) is 6.43. The highest BCUT2D eigenvalue weighted by Crippen LogP contribution is 2.13. The van der Waals surface area contributed by atoms with E-state index >= 15 is 0 Å². The van der Waals surface area contributed by atoms with Gasteiger partial charge in [-0.3, -0.25) is 0 Å². The van der Waals surface area contributed by atoms with E-state index in [4.69, 9.17) is 0 Å². The van der Waals surface area contributed by atoms with Crippen molar-refractivity contribution < 1.29 is 19.2 Å². The first kappa shape index (κ1) is 11.1. The van der Waals surface area contributed by atoms with Crippen molar-refractivity contribution in [3.05, 3.63) is 40.6 Å². The Morgan fingerprint density at radius 3 is 2.71 bits per heavy atom. The maximum Gasteiger partial charge on any atom is 0.410 e. The van der Waals surface area contributed by atoms with Crippen molar-refractivity contribution in [2.24, 2.45) is 0 Å². The number of aromatic nitrogens is 2. The number of ether oxygens (including phenoxy) is 1. The molecule has 0 aliphatic heterocycles. The van der Waals surface area contributed by atoms with Gasteiger partial charge in [0.1, 0.15) is 5.69 Å². The molecule has 1 aromatic carbocycles. The minimum Gasteiger partial charge on any atom is -0.461 e. The number of methoxy groups -OCH3 is 1. The Labute approximate surface area is 96.2 Å². The molecular weight excluding hydrogens is 224 g/mol. The van der Waals surface area contributed by atoms with Crippen LogP contribution in [-0.2, 0) is 4.74 Å². The Morgan fingerprint density at radius 2 is 2.06 bits per heavy atom. The fraction of sp³-hybridized carbons (Fsp3) is 0.182. The van der Waals surface area contributed by atoms with Crippen LogP contribution in [0.25, 0.3) is 11.0 Å². The number of fused-ring (bicyclic) bond motifs is 1. The maximum atomic E-state index is 12.0. The third kappa shape index (κ3) is 1.54. The van der Waals surface area contributed by atoms with Crippen molar-refractivity contribution in [1.29, 1.82) is 0 Å². The van der Waals surface area contributed by atoms with Crippen LogP contribution in [0.5, 0.6) is 0 Å². The average Bonchev–Trinajstić information content (AvgIpc) is 2.36. The van der Waals surface area contributed by atoms with E-state index in [9.17, 15) is 14.9 Å². The topological polar surface area (TPSA) is 74.4 Å². The van der Waals surface area contributed by atoms with Crippen LogP contribution in [0.3, 0.4) is 0 Å². The molecule has 0 aliphatic carbocycles. The molecule has 0 spiro atoms. The van der Waals surface area contributed by atoms with Crippen molar-refractivity contribution in [3.8, 4) is 0 Å². The number of rotatable bonds is 1. The van der Waals surface area contributed by atoms with Crippen molar-refractivity contribution >= 4 is 17.0 Å². The standard InChI is InChI=1S/C11H11N2O4/c1-7-10(11(14)17-2)13(16)9-6-4-3-5-8(9)12(7)15/h3-6,15H,1-2H3/q+1. The Kier molecular flexibility index (Phi) is 2.55. The average molecular weight is 235 g/mol. The third-order valence-corrected chi connectivity index (χ3v) is 2.57. The predicted octanol–water partition coefficient (Wildman–Crippen LogP) is 0.888. The monoisotopic (exact) mass is 235 g/mol. The second-order valence-corrected chi connectivity index (χ2v) is 3.52. The quantitative estimate of drug-likeness (QED) is 0.452. The number of carbonyl (C=O) groups excluding carboxylic acids is 1. The SMILES string of the molecule is COC(=O)c1c(C)n(O)c2ccccc2[n+]1=O. The molecule has 0 saturated heterocycles. The van der Waals surface area contributed by atoms with Crippen molar-refractivity contribution in [2.75, 3.05) is 7.11 Å². The van der Waals surface area contributed by atoms with Crippen LogP contribution in [0.1, 0.15) is 16.2 Å². The molecular formula is C11H11N2O4+. The molecule has 0 unspecified atom stereocenters. The molecule has 0 aliphatic rings. The highest BCUT2D eigenvalue weighted by molar-refractivity contribution is 5.88. The second kappa shape index (κ2) is 3.89. The number of para-hydroxylation sites is 2. The van der Waals surface area contributed by atoms with Crippen LogP contribution >= 0.6 is 0 Å². The first-order chi connectivity index (χ1) is 8.07. The minimum absolute atomic E-state index is 0.130. The summed E-state index contributed by atoms with van der Waals surface area (Å²) in [6.07, 6.45) is 0. The third-order valence-electron chi connectivity index (χ3n) is 2.57. The molecule has 0 fully saturated rings. The van der Waals surface area contributed by atoms with Crippen molar-refractivity contribution in [1.82, 2.24) is 4.73 Å². The molecule has 6 heteroatoms. The molecule has 1 heterocycles. The van der Waals surface area contributed by atoms with E-state index in [1.54, 1.807) is 18.2 Å². The van der Waals surface area contributed by atoms with Crippen LogP contribution in [0.2, 0.25) is 0 Å². The lowest BCUT2D eigenvalue weighted by atomic mass is 10.2. The molecule has 0 atom stereocenters. The zero-order valence-electron chi connectivity index (χ0n) is 9.38. The van der Waals surface area contributed by atoms with Crippen molar-refractivity contribution in [2.45, 2.75) is 6.92 Å². The molecule has 88 valence electrons. The summed E-state index contributed by atoms with van der Waals surface area (Å²) in [5.74, 6) is -0.786. The summed E-state index contributed by atoms with van der Waals surface area (Å²) in [4.78, 5) is 23.5. The number of esters is 1. The van der Waals surface area contributed by atoms with Crippen LogP contribution in [-0.4, -0.2) is 23.0 Å². The van der Waals surface area contributed by atoms with Gasteiger partial charge in [-0.05, 0) is 13.0 Å².